The standard InChI is InChI=1S/C11H18O7/c1-5(12)3-4-7(13)18-10-9(15)8(14)6(2)17-11(10)16/h6,8-11,14-16H,3-4H2,1-2H3/t6-,8+,9+,10-,11+/m1/s1. The number of hydrogen-bond donors (Lipinski definition) is 3. The van der Waals surface area contributed by atoms with E-state index in [1.54, 1.807) is 0 Å². The number of carbonyl (C=O) groups is 2. The number of carbonyl (C=O) groups excluding carboxylic acids is 2. The Hall–Kier alpha value is -1.02. The van der Waals surface area contributed by atoms with Gasteiger partial charge in [-0.05, 0) is 13.8 Å². The lowest BCUT2D eigenvalue weighted by molar-refractivity contribution is -0.282. The summed E-state index contributed by atoms with van der Waals surface area (Å²) in [7, 11) is 0. The van der Waals surface area contributed by atoms with Gasteiger partial charge in [0, 0.05) is 6.42 Å². The van der Waals surface area contributed by atoms with E-state index in [4.69, 9.17) is 9.47 Å². The van der Waals surface area contributed by atoms with Crippen molar-refractivity contribution in [3.05, 3.63) is 0 Å². The summed E-state index contributed by atoms with van der Waals surface area (Å²) in [5.41, 5.74) is 0. The molecular formula is C11H18O7. The van der Waals surface area contributed by atoms with Crippen molar-refractivity contribution < 1.29 is 34.4 Å². The maximum Gasteiger partial charge on any atom is 0.306 e. The zero-order chi connectivity index (χ0) is 13.9. The molecule has 0 spiro atoms. The average molecular weight is 262 g/mol. The van der Waals surface area contributed by atoms with E-state index in [2.05, 4.69) is 0 Å². The van der Waals surface area contributed by atoms with E-state index < -0.39 is 36.7 Å². The van der Waals surface area contributed by atoms with Crippen LogP contribution >= 0.6 is 0 Å². The lowest BCUT2D eigenvalue weighted by Gasteiger charge is -2.38. The van der Waals surface area contributed by atoms with Gasteiger partial charge >= 0.3 is 5.97 Å². The summed E-state index contributed by atoms with van der Waals surface area (Å²) in [6, 6.07) is 0. The minimum atomic E-state index is -1.50. The molecule has 0 amide bonds. The van der Waals surface area contributed by atoms with Crippen molar-refractivity contribution in [3.8, 4) is 0 Å². The van der Waals surface area contributed by atoms with E-state index in [-0.39, 0.29) is 18.6 Å². The van der Waals surface area contributed by atoms with Crippen LogP contribution in [0, 0.1) is 0 Å². The van der Waals surface area contributed by atoms with E-state index >= 15 is 0 Å². The van der Waals surface area contributed by atoms with Crippen LogP contribution < -0.4 is 0 Å². The fraction of sp³-hybridized carbons (Fsp3) is 0.818. The molecule has 18 heavy (non-hydrogen) atoms. The Morgan fingerprint density at radius 2 is 1.78 bits per heavy atom. The van der Waals surface area contributed by atoms with Crippen LogP contribution in [0.4, 0.5) is 0 Å². The van der Waals surface area contributed by atoms with Gasteiger partial charge in [-0.3, -0.25) is 4.79 Å². The van der Waals surface area contributed by atoms with Crippen molar-refractivity contribution in [2.45, 2.75) is 57.4 Å². The van der Waals surface area contributed by atoms with E-state index in [0.29, 0.717) is 0 Å². The number of ketones is 1. The summed E-state index contributed by atoms with van der Waals surface area (Å²) in [6.07, 6.45) is -6.41. The summed E-state index contributed by atoms with van der Waals surface area (Å²) in [6.45, 7) is 2.82. The third-order valence-electron chi connectivity index (χ3n) is 2.75. The Labute approximate surface area is 104 Å². The second-order valence-corrected chi connectivity index (χ2v) is 4.37. The number of rotatable bonds is 4. The van der Waals surface area contributed by atoms with Gasteiger partial charge in [0.05, 0.1) is 12.5 Å². The Balaban J connectivity index is 2.54. The summed E-state index contributed by atoms with van der Waals surface area (Å²) < 4.78 is 9.72. The second-order valence-electron chi connectivity index (χ2n) is 4.37. The van der Waals surface area contributed by atoms with Gasteiger partial charge in [-0.2, -0.15) is 0 Å². The molecule has 7 heteroatoms. The van der Waals surface area contributed by atoms with Crippen LogP contribution in [0.25, 0.3) is 0 Å². The molecule has 1 rings (SSSR count). The Bertz CT molecular complexity index is 317. The van der Waals surface area contributed by atoms with Crippen molar-refractivity contribution in [1.29, 1.82) is 0 Å². The van der Waals surface area contributed by atoms with Crippen LogP contribution in [-0.4, -0.2) is 57.8 Å². The van der Waals surface area contributed by atoms with Crippen LogP contribution in [0.3, 0.4) is 0 Å². The lowest BCUT2D eigenvalue weighted by Crippen LogP contribution is -2.58. The Morgan fingerprint density at radius 1 is 1.17 bits per heavy atom. The van der Waals surface area contributed by atoms with Gasteiger partial charge in [-0.1, -0.05) is 0 Å². The van der Waals surface area contributed by atoms with E-state index in [0.717, 1.165) is 0 Å². The summed E-state index contributed by atoms with van der Waals surface area (Å²) >= 11 is 0. The van der Waals surface area contributed by atoms with Crippen molar-refractivity contribution >= 4 is 11.8 Å². The molecular weight excluding hydrogens is 244 g/mol. The summed E-state index contributed by atoms with van der Waals surface area (Å²) in [5.74, 6) is -0.903. The SMILES string of the molecule is CC(=O)CCC(=O)O[C@@H]1[C@@H](O)[C@@H](O)[C@@H](C)O[C@@H]1O. The van der Waals surface area contributed by atoms with Crippen LogP contribution in [0.5, 0.6) is 0 Å². The molecule has 0 aromatic heterocycles. The summed E-state index contributed by atoms with van der Waals surface area (Å²) in [4.78, 5) is 22.1. The molecule has 5 atom stereocenters. The number of ether oxygens (including phenoxy) is 2. The van der Waals surface area contributed by atoms with Crippen molar-refractivity contribution in [2.75, 3.05) is 0 Å². The monoisotopic (exact) mass is 262 g/mol. The highest BCUT2D eigenvalue weighted by molar-refractivity contribution is 5.81. The normalized spacial score (nSPS) is 36.2. The van der Waals surface area contributed by atoms with Crippen molar-refractivity contribution in [3.63, 3.8) is 0 Å². The first-order valence-electron chi connectivity index (χ1n) is 5.71. The number of esters is 1. The fourth-order valence-electron chi connectivity index (χ4n) is 1.64. The van der Waals surface area contributed by atoms with E-state index in [1.807, 2.05) is 0 Å². The zero-order valence-electron chi connectivity index (χ0n) is 10.3. The maximum atomic E-state index is 11.4. The molecule has 1 aliphatic heterocycles. The van der Waals surface area contributed by atoms with Gasteiger partial charge in [0.2, 0.25) is 0 Å². The Kier molecular flexibility index (Phi) is 5.21. The highest BCUT2D eigenvalue weighted by Gasteiger charge is 2.44. The average Bonchev–Trinajstić information content (AvgIpc) is 2.29. The molecule has 1 fully saturated rings. The predicted octanol–water partition coefficient (Wildman–Crippen LogP) is -1.27. The molecule has 0 aliphatic carbocycles. The molecule has 0 unspecified atom stereocenters. The van der Waals surface area contributed by atoms with Gasteiger partial charge in [0.1, 0.15) is 18.0 Å². The molecule has 0 saturated carbocycles. The first kappa shape index (κ1) is 15.0. The largest absolute Gasteiger partial charge is 0.454 e. The van der Waals surface area contributed by atoms with E-state index in [1.165, 1.54) is 13.8 Å². The van der Waals surface area contributed by atoms with Gasteiger partial charge < -0.3 is 29.6 Å². The van der Waals surface area contributed by atoms with Crippen molar-refractivity contribution in [1.82, 2.24) is 0 Å². The molecule has 1 heterocycles. The molecule has 3 N–H and O–H groups in total. The minimum Gasteiger partial charge on any atom is -0.454 e. The maximum absolute atomic E-state index is 11.4. The van der Waals surface area contributed by atoms with E-state index in [9.17, 15) is 24.9 Å². The highest BCUT2D eigenvalue weighted by atomic mass is 16.7. The minimum absolute atomic E-state index is 0.0254. The molecule has 104 valence electrons. The molecule has 0 radical (unpaired) electrons. The highest BCUT2D eigenvalue weighted by Crippen LogP contribution is 2.22. The zero-order valence-corrected chi connectivity index (χ0v) is 10.3. The van der Waals surface area contributed by atoms with Gasteiger partial charge in [-0.15, -0.1) is 0 Å². The number of hydrogen-bond acceptors (Lipinski definition) is 7. The van der Waals surface area contributed by atoms with Gasteiger partial charge in [0.15, 0.2) is 12.4 Å². The molecule has 1 saturated heterocycles. The van der Waals surface area contributed by atoms with Gasteiger partial charge in [-0.25, -0.2) is 0 Å². The Morgan fingerprint density at radius 3 is 2.33 bits per heavy atom. The quantitative estimate of drug-likeness (QED) is 0.541. The second kappa shape index (κ2) is 6.24. The number of aliphatic hydroxyl groups is 3. The van der Waals surface area contributed by atoms with Crippen LogP contribution in [0.1, 0.15) is 26.7 Å². The molecule has 0 aromatic carbocycles. The molecule has 7 nitrogen and oxygen atoms in total. The third kappa shape index (κ3) is 3.74. The smallest absolute Gasteiger partial charge is 0.306 e. The fourth-order valence-corrected chi connectivity index (χ4v) is 1.64. The molecule has 1 aliphatic rings. The first-order valence-corrected chi connectivity index (χ1v) is 5.71. The number of Topliss-reactive ketones (excluding diaryl/α,β-unsaturated/α-hetero) is 1. The third-order valence-corrected chi connectivity index (χ3v) is 2.75. The van der Waals surface area contributed by atoms with Crippen LogP contribution in [-0.2, 0) is 19.1 Å². The van der Waals surface area contributed by atoms with Crippen LogP contribution in [0.15, 0.2) is 0 Å². The molecule has 0 bridgehead atoms. The molecule has 0 aromatic rings. The summed E-state index contributed by atoms with van der Waals surface area (Å²) in [5, 5.41) is 28.7. The predicted molar refractivity (Wildman–Crippen MR) is 58.4 cm³/mol. The first-order chi connectivity index (χ1) is 8.32. The number of aliphatic hydroxyl groups excluding tert-OH is 3. The topological polar surface area (TPSA) is 113 Å². The van der Waals surface area contributed by atoms with Crippen molar-refractivity contribution in [2.24, 2.45) is 0 Å². The van der Waals surface area contributed by atoms with Crippen LogP contribution in [0.2, 0.25) is 0 Å². The lowest BCUT2D eigenvalue weighted by atomic mass is 10.00. The van der Waals surface area contributed by atoms with Gasteiger partial charge in [0.25, 0.3) is 0 Å².